The fraction of sp³-hybridized carbons (Fsp3) is 0.488. The summed E-state index contributed by atoms with van der Waals surface area (Å²) in [5, 5.41) is 5.06. The minimum Gasteiger partial charge on any atom is -0.489 e. The Morgan fingerprint density at radius 1 is 0.967 bits per heavy atom. The van der Waals surface area contributed by atoms with E-state index in [0.29, 0.717) is 41.0 Å². The van der Waals surface area contributed by atoms with Gasteiger partial charge in [-0.15, -0.1) is 0 Å². The summed E-state index contributed by atoms with van der Waals surface area (Å²) >= 11 is 0. The van der Waals surface area contributed by atoms with Gasteiger partial charge in [0, 0.05) is 69.2 Å². The predicted molar refractivity (Wildman–Crippen MR) is 219 cm³/mol. The lowest BCUT2D eigenvalue weighted by Gasteiger charge is -2.40. The van der Waals surface area contributed by atoms with Crippen LogP contribution in [-0.2, 0) is 22.8 Å². The number of ether oxygens (including phenoxy) is 1. The molecule has 3 amide bonds. The van der Waals surface area contributed by atoms with Gasteiger partial charge in [-0.05, 0) is 102 Å². The molecule has 318 valence electrons. The zero-order chi connectivity index (χ0) is 42.5. The first-order chi connectivity index (χ1) is 28.6. The molecule has 1 saturated carbocycles. The highest BCUT2D eigenvalue weighted by atomic mass is 19.4. The number of hydrogen-bond acceptors (Lipinski definition) is 9. The summed E-state index contributed by atoms with van der Waals surface area (Å²) < 4.78 is 50.7. The zero-order valence-electron chi connectivity index (χ0n) is 34.2. The number of carbonyl (C=O) groups is 3. The molecule has 8 rings (SSSR count). The fourth-order valence-corrected chi connectivity index (χ4v) is 9.12. The molecule has 3 aliphatic rings. The number of aryl methyl sites for hydroxylation is 1. The number of hydrogen-bond donors (Lipinski definition) is 2. The molecule has 60 heavy (non-hydrogen) atoms. The van der Waals surface area contributed by atoms with Gasteiger partial charge in [0.15, 0.2) is 0 Å². The molecule has 2 saturated heterocycles. The molecule has 1 aromatic carbocycles. The molecule has 1 aliphatic carbocycles. The number of rotatable bonds is 10. The van der Waals surface area contributed by atoms with Crippen molar-refractivity contribution in [3.05, 3.63) is 82.4 Å². The smallest absolute Gasteiger partial charge is 0.433 e. The number of imidazole rings is 2. The van der Waals surface area contributed by atoms with Crippen molar-refractivity contribution in [2.75, 3.05) is 36.9 Å². The Morgan fingerprint density at radius 3 is 2.42 bits per heavy atom. The lowest BCUT2D eigenvalue weighted by molar-refractivity contribution is -0.141. The Bertz CT molecular complexity index is 2490. The van der Waals surface area contributed by atoms with Crippen LogP contribution in [0.15, 0.2) is 59.7 Å². The van der Waals surface area contributed by atoms with E-state index in [9.17, 15) is 32.3 Å². The SMILES string of the molecule is CC(C)Oc1cc2nc([C@H]3CC[C@H](CN(C)C4CCN(c5ccc6c(c5)n(C)c(=O)n6C5CCC(=O)NC5=O)CC4)CC3)cn2cc1NC(=O)c1cccc(C(F)(F)F)n1. The number of halogens is 3. The Labute approximate surface area is 344 Å². The van der Waals surface area contributed by atoms with Crippen LogP contribution in [0.25, 0.3) is 16.7 Å². The predicted octanol–water partition coefficient (Wildman–Crippen LogP) is 6.29. The number of anilines is 2. The van der Waals surface area contributed by atoms with Crippen LogP contribution in [0, 0.1) is 5.92 Å². The lowest BCUT2D eigenvalue weighted by Crippen LogP contribution is -2.45. The maximum atomic E-state index is 13.3. The molecule has 0 spiro atoms. The molecule has 4 aromatic heterocycles. The van der Waals surface area contributed by atoms with Gasteiger partial charge in [-0.2, -0.15) is 13.2 Å². The number of carbonyl (C=O) groups excluding carboxylic acids is 3. The number of nitrogens with one attached hydrogen (secondary N) is 2. The number of alkyl halides is 3. The van der Waals surface area contributed by atoms with Crippen LogP contribution >= 0.6 is 0 Å². The molecule has 0 radical (unpaired) electrons. The Morgan fingerprint density at radius 2 is 1.72 bits per heavy atom. The van der Waals surface area contributed by atoms with Crippen molar-refractivity contribution < 1.29 is 32.3 Å². The van der Waals surface area contributed by atoms with Crippen LogP contribution in [0.3, 0.4) is 0 Å². The van der Waals surface area contributed by atoms with E-state index < -0.39 is 29.7 Å². The van der Waals surface area contributed by atoms with Crippen molar-refractivity contribution in [3.63, 3.8) is 0 Å². The fourth-order valence-electron chi connectivity index (χ4n) is 9.12. The van der Waals surface area contributed by atoms with Gasteiger partial charge in [-0.1, -0.05) is 6.07 Å². The van der Waals surface area contributed by atoms with Gasteiger partial charge in [0.05, 0.1) is 22.8 Å². The van der Waals surface area contributed by atoms with Gasteiger partial charge in [0.25, 0.3) is 5.91 Å². The van der Waals surface area contributed by atoms with Crippen molar-refractivity contribution in [2.24, 2.45) is 13.0 Å². The lowest BCUT2D eigenvalue weighted by atomic mass is 9.80. The molecule has 2 N–H and O–H groups in total. The second kappa shape index (κ2) is 16.4. The van der Waals surface area contributed by atoms with Crippen LogP contribution < -0.4 is 26.0 Å². The van der Waals surface area contributed by atoms with Crippen LogP contribution in [0.5, 0.6) is 5.75 Å². The Kier molecular flexibility index (Phi) is 11.2. The van der Waals surface area contributed by atoms with E-state index in [1.54, 1.807) is 23.9 Å². The first-order valence-electron chi connectivity index (χ1n) is 20.7. The van der Waals surface area contributed by atoms with Gasteiger partial charge < -0.3 is 24.3 Å². The van der Waals surface area contributed by atoms with Crippen molar-refractivity contribution in [2.45, 2.75) is 95.5 Å². The summed E-state index contributed by atoms with van der Waals surface area (Å²) in [5.41, 5.74) is 2.63. The summed E-state index contributed by atoms with van der Waals surface area (Å²) in [4.78, 5) is 64.0. The van der Waals surface area contributed by atoms with E-state index >= 15 is 0 Å². The number of amides is 3. The van der Waals surface area contributed by atoms with E-state index in [4.69, 9.17) is 9.72 Å². The molecule has 0 bridgehead atoms. The summed E-state index contributed by atoms with van der Waals surface area (Å²) in [6.45, 7) is 6.49. The molecule has 5 aromatic rings. The minimum atomic E-state index is -4.68. The van der Waals surface area contributed by atoms with Crippen molar-refractivity contribution in [3.8, 4) is 5.75 Å². The molecule has 3 fully saturated rings. The molecular weight excluding hydrogens is 780 g/mol. The normalized spacial score (nSPS) is 20.7. The largest absolute Gasteiger partial charge is 0.489 e. The molecule has 1 unspecified atom stereocenters. The highest BCUT2D eigenvalue weighted by molar-refractivity contribution is 6.04. The van der Waals surface area contributed by atoms with Crippen LogP contribution in [0.2, 0.25) is 0 Å². The number of benzene rings is 1. The van der Waals surface area contributed by atoms with Crippen molar-refractivity contribution >= 4 is 45.8 Å². The van der Waals surface area contributed by atoms with E-state index in [1.165, 1.54) is 10.6 Å². The Balaban J connectivity index is 0.863. The molecule has 14 nitrogen and oxygen atoms in total. The van der Waals surface area contributed by atoms with Crippen LogP contribution in [0.4, 0.5) is 24.5 Å². The van der Waals surface area contributed by atoms with Crippen LogP contribution in [-0.4, -0.2) is 85.0 Å². The third-order valence-corrected chi connectivity index (χ3v) is 12.3. The standard InChI is InChI=1S/C43H50F3N9O5/c1-25(2)60-36-21-38-48-31(23-54(38)24-32(36)49-40(57)30-6-5-7-37(47-30)43(44,45)46)27-10-8-26(9-11-27)22-51(3)28-16-18-53(19-17-28)29-12-13-33-35(20-29)52(4)42(59)55(33)34-14-15-39(56)50-41(34)58/h5-7,12-13,20-21,23-28,34H,8-11,14-19,22H2,1-4H3,(H,49,57)(H,50,56,58)/t26-,27-,34?. The van der Waals surface area contributed by atoms with E-state index in [0.717, 1.165) is 87.2 Å². The molecule has 17 heteroatoms. The monoisotopic (exact) mass is 829 g/mol. The maximum absolute atomic E-state index is 13.3. The van der Waals surface area contributed by atoms with Crippen LogP contribution in [0.1, 0.15) is 99.1 Å². The average Bonchev–Trinajstić information content (AvgIpc) is 3.74. The van der Waals surface area contributed by atoms with Gasteiger partial charge in [0.1, 0.15) is 34.5 Å². The quantitative estimate of drug-likeness (QED) is 0.155. The van der Waals surface area contributed by atoms with E-state index in [2.05, 4.69) is 32.5 Å². The summed E-state index contributed by atoms with van der Waals surface area (Å²) in [5.74, 6) is -0.334. The molecule has 2 aliphatic heterocycles. The first-order valence-corrected chi connectivity index (χ1v) is 20.7. The maximum Gasteiger partial charge on any atom is 0.433 e. The molecule has 1 atom stereocenters. The second-order valence-electron chi connectivity index (χ2n) is 16.7. The number of piperidine rings is 2. The third kappa shape index (κ3) is 8.36. The van der Waals surface area contributed by atoms with E-state index in [1.807, 2.05) is 42.6 Å². The molecule has 6 heterocycles. The van der Waals surface area contributed by atoms with Gasteiger partial charge in [-0.25, -0.2) is 14.8 Å². The zero-order valence-corrected chi connectivity index (χ0v) is 34.2. The second-order valence-corrected chi connectivity index (χ2v) is 16.7. The number of aromatic nitrogens is 5. The number of imide groups is 1. The van der Waals surface area contributed by atoms with Crippen molar-refractivity contribution in [1.82, 2.24) is 33.7 Å². The van der Waals surface area contributed by atoms with Gasteiger partial charge >= 0.3 is 11.9 Å². The van der Waals surface area contributed by atoms with Crippen molar-refractivity contribution in [1.29, 1.82) is 0 Å². The summed E-state index contributed by atoms with van der Waals surface area (Å²) in [6, 6.07) is 10.7. The number of nitrogens with zero attached hydrogens (tertiary/aromatic N) is 7. The Hall–Kier alpha value is -5.71. The average molecular weight is 830 g/mol. The van der Waals surface area contributed by atoms with E-state index in [-0.39, 0.29) is 35.7 Å². The number of fused-ring (bicyclic) bond motifs is 2. The highest BCUT2D eigenvalue weighted by Gasteiger charge is 2.34. The highest BCUT2D eigenvalue weighted by Crippen LogP contribution is 2.38. The molecular formula is C43H50F3N9O5. The summed E-state index contributed by atoms with van der Waals surface area (Å²) in [7, 11) is 3.94. The minimum absolute atomic E-state index is 0.202. The first kappa shape index (κ1) is 41.0. The summed E-state index contributed by atoms with van der Waals surface area (Å²) in [6.07, 6.45) is 5.42. The van der Waals surface area contributed by atoms with Gasteiger partial charge in [-0.3, -0.25) is 28.8 Å². The van der Waals surface area contributed by atoms with Gasteiger partial charge in [0.2, 0.25) is 11.8 Å². The topological polar surface area (TPSA) is 148 Å². The number of pyridine rings is 2. The third-order valence-electron chi connectivity index (χ3n) is 12.3.